The average Bonchev–Trinajstić information content (AvgIpc) is 3.10. The van der Waals surface area contributed by atoms with Crippen molar-refractivity contribution in [3.8, 4) is 0 Å². The number of aliphatic hydroxyl groups is 1. The number of nitrogens with zero attached hydrogens (tertiary/aromatic N) is 2. The van der Waals surface area contributed by atoms with E-state index in [-0.39, 0.29) is 16.5 Å². The van der Waals surface area contributed by atoms with Gasteiger partial charge in [-0.05, 0) is 23.6 Å². The molecule has 0 aliphatic carbocycles. The van der Waals surface area contributed by atoms with E-state index in [9.17, 15) is 14.3 Å². The predicted molar refractivity (Wildman–Crippen MR) is 93.0 cm³/mol. The quantitative estimate of drug-likeness (QED) is 0.902. The van der Waals surface area contributed by atoms with Gasteiger partial charge in [0.15, 0.2) is 0 Å². The van der Waals surface area contributed by atoms with Crippen LogP contribution in [0.2, 0.25) is 5.02 Å². The van der Waals surface area contributed by atoms with Crippen LogP contribution in [0.1, 0.15) is 21.3 Å². The summed E-state index contributed by atoms with van der Waals surface area (Å²) < 4.78 is 13.9. The summed E-state index contributed by atoms with van der Waals surface area (Å²) in [5.74, 6) is -0.973. The fourth-order valence-corrected chi connectivity index (χ4v) is 3.76. The molecule has 7 heteroatoms. The first-order chi connectivity index (χ1) is 11.6. The molecule has 3 rings (SSSR count). The molecule has 0 saturated carbocycles. The maximum Gasteiger partial charge on any atom is 0.258 e. The van der Waals surface area contributed by atoms with E-state index in [0.717, 1.165) is 4.88 Å². The van der Waals surface area contributed by atoms with Crippen LogP contribution in [0.15, 0.2) is 35.7 Å². The molecule has 0 bridgehead atoms. The molecule has 1 fully saturated rings. The van der Waals surface area contributed by atoms with Crippen molar-refractivity contribution in [2.75, 3.05) is 32.7 Å². The first kappa shape index (κ1) is 17.4. The van der Waals surface area contributed by atoms with Crippen LogP contribution in [-0.4, -0.2) is 53.5 Å². The minimum atomic E-state index is -0.594. The lowest BCUT2D eigenvalue weighted by atomic mass is 10.1. The number of carbonyl (C=O) groups is 1. The maximum atomic E-state index is 13.9. The molecule has 2 heterocycles. The topological polar surface area (TPSA) is 43.8 Å². The van der Waals surface area contributed by atoms with E-state index < -0.39 is 11.9 Å². The molecule has 1 N–H and O–H groups in total. The predicted octanol–water partition coefficient (Wildman–Crippen LogP) is 3.03. The monoisotopic (exact) mass is 368 g/mol. The summed E-state index contributed by atoms with van der Waals surface area (Å²) in [6.45, 7) is 2.78. The fraction of sp³-hybridized carbons (Fsp3) is 0.353. The van der Waals surface area contributed by atoms with Crippen molar-refractivity contribution in [1.82, 2.24) is 9.80 Å². The van der Waals surface area contributed by atoms with Crippen molar-refractivity contribution >= 4 is 28.8 Å². The molecule has 0 radical (unpaired) electrons. The van der Waals surface area contributed by atoms with Crippen LogP contribution >= 0.6 is 22.9 Å². The summed E-state index contributed by atoms with van der Waals surface area (Å²) in [5, 5.41) is 12.3. The van der Waals surface area contributed by atoms with Gasteiger partial charge >= 0.3 is 0 Å². The second-order valence-electron chi connectivity index (χ2n) is 5.72. The number of carbonyl (C=O) groups excluding carboxylic acids is 1. The molecule has 1 aliphatic rings. The number of β-amino-alcohol motifs (C(OH)–C–C–N with tert-alkyl or cyclic N) is 1. The fourth-order valence-electron chi connectivity index (χ4n) is 2.81. The van der Waals surface area contributed by atoms with Gasteiger partial charge in [-0.3, -0.25) is 9.69 Å². The molecule has 1 aromatic heterocycles. The van der Waals surface area contributed by atoms with E-state index in [1.54, 1.807) is 4.90 Å². The van der Waals surface area contributed by atoms with Crippen LogP contribution in [-0.2, 0) is 0 Å². The Bertz CT molecular complexity index is 682. The lowest BCUT2D eigenvalue weighted by molar-refractivity contribution is 0.0529. The van der Waals surface area contributed by atoms with Gasteiger partial charge in [-0.15, -0.1) is 11.3 Å². The lowest BCUT2D eigenvalue weighted by Crippen LogP contribution is -2.49. The molecule has 4 nitrogen and oxygen atoms in total. The zero-order chi connectivity index (χ0) is 17.1. The van der Waals surface area contributed by atoms with Gasteiger partial charge in [-0.25, -0.2) is 4.39 Å². The smallest absolute Gasteiger partial charge is 0.258 e. The molecule has 24 heavy (non-hydrogen) atoms. The maximum absolute atomic E-state index is 13.9. The van der Waals surface area contributed by atoms with E-state index >= 15 is 0 Å². The molecule has 1 atom stereocenters. The van der Waals surface area contributed by atoms with Crippen LogP contribution < -0.4 is 0 Å². The van der Waals surface area contributed by atoms with Crippen LogP contribution in [0, 0.1) is 5.82 Å². The molecule has 1 aromatic carbocycles. The highest BCUT2D eigenvalue weighted by Crippen LogP contribution is 2.23. The van der Waals surface area contributed by atoms with Crippen molar-refractivity contribution in [2.45, 2.75) is 6.10 Å². The summed E-state index contributed by atoms with van der Waals surface area (Å²) >= 11 is 7.50. The molecule has 2 aromatic rings. The number of halogens is 2. The van der Waals surface area contributed by atoms with E-state index in [0.29, 0.717) is 32.7 Å². The highest BCUT2D eigenvalue weighted by atomic mass is 35.5. The largest absolute Gasteiger partial charge is 0.386 e. The molecule has 1 amide bonds. The van der Waals surface area contributed by atoms with Gasteiger partial charge in [0.05, 0.1) is 10.6 Å². The highest BCUT2D eigenvalue weighted by Gasteiger charge is 2.26. The minimum absolute atomic E-state index is 0.0637. The van der Waals surface area contributed by atoms with Crippen LogP contribution in [0.5, 0.6) is 0 Å². The SMILES string of the molecule is O=C(c1c(F)cccc1Cl)N1CCN(CC(O)c2cccs2)CC1. The number of amides is 1. The number of rotatable bonds is 4. The Kier molecular flexibility index (Phi) is 5.50. The molecule has 128 valence electrons. The van der Waals surface area contributed by atoms with Crippen molar-refractivity contribution < 1.29 is 14.3 Å². The minimum Gasteiger partial charge on any atom is -0.386 e. The normalized spacial score (nSPS) is 17.0. The standard InChI is InChI=1S/C17H18ClFN2O2S/c18-12-3-1-4-13(19)16(12)17(23)21-8-6-20(7-9-21)11-14(22)15-5-2-10-24-15/h1-5,10,14,22H,6-9,11H2. The molecule has 0 spiro atoms. The van der Waals surface area contributed by atoms with E-state index in [2.05, 4.69) is 4.90 Å². The van der Waals surface area contributed by atoms with Crippen molar-refractivity contribution in [3.63, 3.8) is 0 Å². The Hall–Kier alpha value is -1.47. The molecule has 1 unspecified atom stereocenters. The van der Waals surface area contributed by atoms with Crippen LogP contribution in [0.3, 0.4) is 0 Å². The number of hydrogen-bond donors (Lipinski definition) is 1. The summed E-state index contributed by atoms with van der Waals surface area (Å²) in [7, 11) is 0. The zero-order valence-electron chi connectivity index (χ0n) is 13.0. The third kappa shape index (κ3) is 3.78. The van der Waals surface area contributed by atoms with Crippen molar-refractivity contribution in [2.24, 2.45) is 0 Å². The molecule has 1 saturated heterocycles. The third-order valence-electron chi connectivity index (χ3n) is 4.14. The second-order valence-corrected chi connectivity index (χ2v) is 7.11. The first-order valence-corrected chi connectivity index (χ1v) is 8.99. The van der Waals surface area contributed by atoms with E-state index in [1.807, 2.05) is 17.5 Å². The number of benzene rings is 1. The first-order valence-electron chi connectivity index (χ1n) is 7.73. The Balaban J connectivity index is 1.58. The van der Waals surface area contributed by atoms with Crippen LogP contribution in [0.25, 0.3) is 0 Å². The summed E-state index contributed by atoms with van der Waals surface area (Å²) in [6, 6.07) is 8.07. The number of piperazine rings is 1. The van der Waals surface area contributed by atoms with Gasteiger partial charge in [0, 0.05) is 37.6 Å². The Morgan fingerprint density at radius 1 is 1.25 bits per heavy atom. The van der Waals surface area contributed by atoms with E-state index in [4.69, 9.17) is 11.6 Å². The summed E-state index contributed by atoms with van der Waals surface area (Å²) in [6.07, 6.45) is -0.520. The van der Waals surface area contributed by atoms with Gasteiger partial charge < -0.3 is 10.0 Å². The summed E-state index contributed by atoms with van der Waals surface area (Å²) in [4.78, 5) is 17.1. The van der Waals surface area contributed by atoms with Gasteiger partial charge in [0.1, 0.15) is 11.9 Å². The highest BCUT2D eigenvalue weighted by molar-refractivity contribution is 7.10. The van der Waals surface area contributed by atoms with Gasteiger partial charge in [0.25, 0.3) is 5.91 Å². The third-order valence-corrected chi connectivity index (χ3v) is 5.43. The lowest BCUT2D eigenvalue weighted by Gasteiger charge is -2.35. The van der Waals surface area contributed by atoms with Crippen molar-refractivity contribution in [3.05, 3.63) is 57.0 Å². The Morgan fingerprint density at radius 2 is 2.00 bits per heavy atom. The van der Waals surface area contributed by atoms with Gasteiger partial charge in [-0.1, -0.05) is 23.7 Å². The summed E-state index contributed by atoms with van der Waals surface area (Å²) in [5.41, 5.74) is -0.0637. The molecule has 1 aliphatic heterocycles. The average molecular weight is 369 g/mol. The number of thiophene rings is 1. The molecular formula is C17H18ClFN2O2S. The Morgan fingerprint density at radius 3 is 2.62 bits per heavy atom. The zero-order valence-corrected chi connectivity index (χ0v) is 14.6. The van der Waals surface area contributed by atoms with Gasteiger partial charge in [0.2, 0.25) is 0 Å². The second kappa shape index (κ2) is 7.61. The van der Waals surface area contributed by atoms with Crippen LogP contribution in [0.4, 0.5) is 4.39 Å². The van der Waals surface area contributed by atoms with Crippen molar-refractivity contribution in [1.29, 1.82) is 0 Å². The van der Waals surface area contributed by atoms with E-state index in [1.165, 1.54) is 29.5 Å². The Labute approximate surface area is 149 Å². The molecular weight excluding hydrogens is 351 g/mol. The van der Waals surface area contributed by atoms with Gasteiger partial charge in [-0.2, -0.15) is 0 Å². The number of aliphatic hydroxyl groups excluding tert-OH is 1. The number of hydrogen-bond acceptors (Lipinski definition) is 4.